The average molecular weight is 241 g/mol. The molecule has 0 aromatic carbocycles. The van der Waals surface area contributed by atoms with Crippen molar-refractivity contribution >= 4 is 5.91 Å². The summed E-state index contributed by atoms with van der Waals surface area (Å²) in [7, 11) is 3.97. The molecule has 2 N–H and O–H groups in total. The first-order chi connectivity index (χ1) is 7.97. The van der Waals surface area contributed by atoms with Gasteiger partial charge in [-0.2, -0.15) is 0 Å². The molecule has 0 aromatic heterocycles. The lowest BCUT2D eigenvalue weighted by atomic mass is 10.1. The number of carbonyl (C=O) groups excluding carboxylic acids is 1. The lowest BCUT2D eigenvalue weighted by molar-refractivity contribution is -0.126. The van der Waals surface area contributed by atoms with Gasteiger partial charge in [0.2, 0.25) is 5.91 Å². The zero-order valence-electron chi connectivity index (χ0n) is 11.7. The molecule has 0 bridgehead atoms. The lowest BCUT2D eigenvalue weighted by Crippen LogP contribution is -2.52. The van der Waals surface area contributed by atoms with Crippen molar-refractivity contribution in [2.75, 3.05) is 27.2 Å². The minimum Gasteiger partial charge on any atom is -0.353 e. The smallest absolute Gasteiger partial charge is 0.239 e. The number of rotatable bonds is 6. The second-order valence-electron chi connectivity index (χ2n) is 5.55. The molecule has 0 unspecified atom stereocenters. The van der Waals surface area contributed by atoms with Crippen LogP contribution in [0.3, 0.4) is 0 Å². The van der Waals surface area contributed by atoms with Crippen molar-refractivity contribution < 1.29 is 4.79 Å². The van der Waals surface area contributed by atoms with Crippen LogP contribution in [0.15, 0.2) is 0 Å². The summed E-state index contributed by atoms with van der Waals surface area (Å²) in [5.74, 6) is 0.0693. The van der Waals surface area contributed by atoms with Gasteiger partial charge < -0.3 is 15.5 Å². The lowest BCUT2D eigenvalue weighted by Gasteiger charge is -2.26. The van der Waals surface area contributed by atoms with E-state index in [2.05, 4.69) is 22.6 Å². The standard InChI is InChI=1S/C13H27N3O/c1-13(2,14-3)12(17)15-9-10-16(4)11-7-5-6-8-11/h11,14H,5-10H2,1-4H3,(H,15,17). The molecule has 0 spiro atoms. The number of nitrogens with zero attached hydrogens (tertiary/aromatic N) is 1. The molecule has 0 aromatic rings. The number of nitrogens with one attached hydrogen (secondary N) is 2. The molecule has 0 radical (unpaired) electrons. The highest BCUT2D eigenvalue weighted by atomic mass is 16.2. The van der Waals surface area contributed by atoms with Crippen LogP contribution in [0.2, 0.25) is 0 Å². The second kappa shape index (κ2) is 6.36. The minimum absolute atomic E-state index is 0.0693. The topological polar surface area (TPSA) is 44.4 Å². The molecule has 4 heteroatoms. The predicted octanol–water partition coefficient (Wildman–Crippen LogP) is 0.975. The number of amides is 1. The van der Waals surface area contributed by atoms with Gasteiger partial charge in [0.15, 0.2) is 0 Å². The Hall–Kier alpha value is -0.610. The molecule has 0 aliphatic heterocycles. The van der Waals surface area contributed by atoms with E-state index in [1.54, 1.807) is 0 Å². The third kappa shape index (κ3) is 4.28. The summed E-state index contributed by atoms with van der Waals surface area (Å²) in [5, 5.41) is 5.99. The molecule has 1 aliphatic rings. The first-order valence-corrected chi connectivity index (χ1v) is 6.65. The van der Waals surface area contributed by atoms with Gasteiger partial charge in [0.05, 0.1) is 5.54 Å². The van der Waals surface area contributed by atoms with Crippen molar-refractivity contribution in [3.05, 3.63) is 0 Å². The molecule has 1 aliphatic carbocycles. The SMILES string of the molecule is CNC(C)(C)C(=O)NCCN(C)C1CCCC1. The molecule has 4 nitrogen and oxygen atoms in total. The highest BCUT2D eigenvalue weighted by Gasteiger charge is 2.25. The molecular weight excluding hydrogens is 214 g/mol. The van der Waals surface area contributed by atoms with E-state index in [1.165, 1.54) is 25.7 Å². The molecule has 1 rings (SSSR count). The number of hydrogen-bond donors (Lipinski definition) is 2. The van der Waals surface area contributed by atoms with Crippen LogP contribution in [0.5, 0.6) is 0 Å². The predicted molar refractivity (Wildman–Crippen MR) is 71.0 cm³/mol. The Kier molecular flexibility index (Phi) is 5.40. The summed E-state index contributed by atoms with van der Waals surface area (Å²) in [6.07, 6.45) is 5.33. The van der Waals surface area contributed by atoms with Gasteiger partial charge >= 0.3 is 0 Å². The zero-order valence-corrected chi connectivity index (χ0v) is 11.7. The number of carbonyl (C=O) groups is 1. The van der Waals surface area contributed by atoms with Crippen molar-refractivity contribution in [1.82, 2.24) is 15.5 Å². The monoisotopic (exact) mass is 241 g/mol. The molecular formula is C13H27N3O. The van der Waals surface area contributed by atoms with Crippen LogP contribution in [0.1, 0.15) is 39.5 Å². The highest BCUT2D eigenvalue weighted by molar-refractivity contribution is 5.85. The second-order valence-corrected chi connectivity index (χ2v) is 5.55. The van der Waals surface area contributed by atoms with Gasteiger partial charge in [0, 0.05) is 19.1 Å². The van der Waals surface area contributed by atoms with E-state index in [0.29, 0.717) is 0 Å². The Morgan fingerprint density at radius 3 is 2.47 bits per heavy atom. The van der Waals surface area contributed by atoms with E-state index in [1.807, 2.05) is 20.9 Å². The fourth-order valence-corrected chi connectivity index (χ4v) is 2.21. The molecule has 0 saturated heterocycles. The normalized spacial score (nSPS) is 17.7. The van der Waals surface area contributed by atoms with Crippen molar-refractivity contribution in [3.63, 3.8) is 0 Å². The van der Waals surface area contributed by atoms with Crippen LogP contribution in [-0.4, -0.2) is 49.6 Å². The van der Waals surface area contributed by atoms with Crippen LogP contribution in [0.4, 0.5) is 0 Å². The van der Waals surface area contributed by atoms with E-state index < -0.39 is 5.54 Å². The number of likely N-dealkylation sites (N-methyl/N-ethyl adjacent to an activating group) is 2. The molecule has 1 amide bonds. The van der Waals surface area contributed by atoms with E-state index in [9.17, 15) is 4.79 Å². The summed E-state index contributed by atoms with van der Waals surface area (Å²) < 4.78 is 0. The first kappa shape index (κ1) is 14.5. The molecule has 1 fully saturated rings. The summed E-state index contributed by atoms with van der Waals surface area (Å²) in [6.45, 7) is 5.46. The van der Waals surface area contributed by atoms with Gasteiger partial charge in [-0.15, -0.1) is 0 Å². The van der Waals surface area contributed by atoms with Gasteiger partial charge in [0.25, 0.3) is 0 Å². The summed E-state index contributed by atoms with van der Waals surface area (Å²) >= 11 is 0. The molecule has 0 heterocycles. The Bertz CT molecular complexity index is 247. The molecule has 0 atom stereocenters. The fraction of sp³-hybridized carbons (Fsp3) is 0.923. The van der Waals surface area contributed by atoms with Crippen LogP contribution in [0.25, 0.3) is 0 Å². The van der Waals surface area contributed by atoms with E-state index in [-0.39, 0.29) is 5.91 Å². The average Bonchev–Trinajstić information content (AvgIpc) is 2.82. The maximum Gasteiger partial charge on any atom is 0.239 e. The van der Waals surface area contributed by atoms with Crippen molar-refractivity contribution in [2.24, 2.45) is 0 Å². The number of hydrogen-bond acceptors (Lipinski definition) is 3. The van der Waals surface area contributed by atoms with Gasteiger partial charge in [0.1, 0.15) is 0 Å². The van der Waals surface area contributed by atoms with Crippen LogP contribution < -0.4 is 10.6 Å². The van der Waals surface area contributed by atoms with Gasteiger partial charge in [-0.05, 0) is 40.8 Å². The Labute approximate surface area is 105 Å². The largest absolute Gasteiger partial charge is 0.353 e. The third-order valence-corrected chi connectivity index (χ3v) is 3.89. The minimum atomic E-state index is -0.480. The van der Waals surface area contributed by atoms with Crippen molar-refractivity contribution in [3.8, 4) is 0 Å². The quantitative estimate of drug-likeness (QED) is 0.728. The third-order valence-electron chi connectivity index (χ3n) is 3.89. The zero-order chi connectivity index (χ0) is 12.9. The maximum absolute atomic E-state index is 11.8. The molecule has 100 valence electrons. The molecule has 17 heavy (non-hydrogen) atoms. The van der Waals surface area contributed by atoms with Crippen molar-refractivity contribution in [2.45, 2.75) is 51.1 Å². The highest BCUT2D eigenvalue weighted by Crippen LogP contribution is 2.21. The first-order valence-electron chi connectivity index (χ1n) is 6.65. The maximum atomic E-state index is 11.8. The van der Waals surface area contributed by atoms with Crippen LogP contribution in [-0.2, 0) is 4.79 Å². The summed E-state index contributed by atoms with van der Waals surface area (Å²) in [4.78, 5) is 14.2. The Morgan fingerprint density at radius 1 is 1.35 bits per heavy atom. The van der Waals surface area contributed by atoms with Gasteiger partial charge in [-0.25, -0.2) is 0 Å². The van der Waals surface area contributed by atoms with Gasteiger partial charge in [-0.1, -0.05) is 12.8 Å². The fourth-order valence-electron chi connectivity index (χ4n) is 2.21. The summed E-state index contributed by atoms with van der Waals surface area (Å²) in [6, 6.07) is 0.726. The van der Waals surface area contributed by atoms with E-state index in [4.69, 9.17) is 0 Å². The van der Waals surface area contributed by atoms with Crippen molar-refractivity contribution in [1.29, 1.82) is 0 Å². The van der Waals surface area contributed by atoms with Gasteiger partial charge in [-0.3, -0.25) is 4.79 Å². The van der Waals surface area contributed by atoms with E-state index >= 15 is 0 Å². The van der Waals surface area contributed by atoms with Crippen LogP contribution >= 0.6 is 0 Å². The molecule has 1 saturated carbocycles. The Morgan fingerprint density at radius 2 is 1.94 bits per heavy atom. The Balaban J connectivity index is 2.21. The van der Waals surface area contributed by atoms with Crippen LogP contribution in [0, 0.1) is 0 Å². The van der Waals surface area contributed by atoms with E-state index in [0.717, 1.165) is 19.1 Å². The summed E-state index contributed by atoms with van der Waals surface area (Å²) in [5.41, 5.74) is -0.480.